The van der Waals surface area contributed by atoms with Gasteiger partial charge in [-0.15, -0.1) is 0 Å². The van der Waals surface area contributed by atoms with Crippen LogP contribution in [0.1, 0.15) is 34.0 Å². The minimum Gasteiger partial charge on any atom is -0.479 e. The maximum atomic E-state index is 12.8. The second-order valence-corrected chi connectivity index (χ2v) is 7.92. The van der Waals surface area contributed by atoms with Gasteiger partial charge < -0.3 is 15.0 Å². The molecule has 2 amide bonds. The number of carbonyl (C=O) groups excluding carboxylic acids is 2. The average molecular weight is 415 g/mol. The zero-order chi connectivity index (χ0) is 22.0. The Morgan fingerprint density at radius 2 is 1.77 bits per heavy atom. The molecule has 158 valence electrons. The number of nitrogens with zero attached hydrogens (tertiary/aromatic N) is 1. The first-order chi connectivity index (χ1) is 14.9. The van der Waals surface area contributed by atoms with Crippen LogP contribution in [0.15, 0.2) is 66.7 Å². The number of rotatable bonds is 5. The number of nitrogens with one attached hydrogen (secondary N) is 1. The molecule has 1 N–H and O–H groups in total. The highest BCUT2D eigenvalue weighted by Gasteiger charge is 2.31. The van der Waals surface area contributed by atoms with Crippen molar-refractivity contribution in [2.45, 2.75) is 33.3 Å². The van der Waals surface area contributed by atoms with E-state index in [1.165, 1.54) is 0 Å². The van der Waals surface area contributed by atoms with Crippen molar-refractivity contribution in [3.05, 3.63) is 89.0 Å². The van der Waals surface area contributed by atoms with Gasteiger partial charge in [-0.25, -0.2) is 0 Å². The second kappa shape index (κ2) is 8.64. The fraction of sp³-hybridized carbons (Fsp3) is 0.231. The largest absolute Gasteiger partial charge is 0.479 e. The molecule has 3 aromatic carbocycles. The van der Waals surface area contributed by atoms with Gasteiger partial charge in [0.25, 0.3) is 11.8 Å². The summed E-state index contributed by atoms with van der Waals surface area (Å²) in [5.41, 5.74) is 5.27. The second-order valence-electron chi connectivity index (χ2n) is 7.92. The molecular weight excluding hydrogens is 388 g/mol. The minimum absolute atomic E-state index is 0.0823. The Hall–Kier alpha value is -3.60. The first-order valence-electron chi connectivity index (χ1n) is 10.5. The number of hydrogen-bond acceptors (Lipinski definition) is 3. The molecule has 0 spiro atoms. The van der Waals surface area contributed by atoms with Gasteiger partial charge in [-0.3, -0.25) is 9.59 Å². The van der Waals surface area contributed by atoms with E-state index in [1.807, 2.05) is 62.4 Å². The van der Waals surface area contributed by atoms with Crippen molar-refractivity contribution in [1.29, 1.82) is 0 Å². The first-order valence-corrected chi connectivity index (χ1v) is 10.5. The molecule has 0 saturated heterocycles. The molecule has 0 saturated carbocycles. The molecule has 0 radical (unpaired) electrons. The third kappa shape index (κ3) is 4.45. The third-order valence-electron chi connectivity index (χ3n) is 5.66. The lowest BCUT2D eigenvalue weighted by Crippen LogP contribution is -2.45. The molecule has 1 atom stereocenters. The molecular formula is C26H26N2O3. The first kappa shape index (κ1) is 20.7. The van der Waals surface area contributed by atoms with Crippen LogP contribution >= 0.6 is 0 Å². The molecule has 3 aromatic rings. The standard InChI is InChI=1S/C26H26N2O3/c1-17-9-10-21(15-18(17)2)25(29)27-22-11-12-24-23(16-22)28(26(30)19(3)31-24)14-13-20-7-5-4-6-8-20/h4-12,15-16,19H,13-14H2,1-3H3,(H,27,29). The molecule has 0 bridgehead atoms. The number of aryl methyl sites for hydroxylation is 2. The summed E-state index contributed by atoms with van der Waals surface area (Å²) in [6, 6.07) is 21.1. The van der Waals surface area contributed by atoms with Crippen molar-refractivity contribution in [2.24, 2.45) is 0 Å². The van der Waals surface area contributed by atoms with Crippen molar-refractivity contribution in [2.75, 3.05) is 16.8 Å². The van der Waals surface area contributed by atoms with E-state index in [4.69, 9.17) is 4.74 Å². The summed E-state index contributed by atoms with van der Waals surface area (Å²) in [5, 5.41) is 2.94. The number of benzene rings is 3. The van der Waals surface area contributed by atoms with Crippen molar-refractivity contribution in [3.8, 4) is 5.75 Å². The van der Waals surface area contributed by atoms with E-state index in [-0.39, 0.29) is 11.8 Å². The van der Waals surface area contributed by atoms with Crippen LogP contribution in [0.3, 0.4) is 0 Å². The summed E-state index contributed by atoms with van der Waals surface area (Å²) in [6.07, 6.45) is 0.192. The summed E-state index contributed by atoms with van der Waals surface area (Å²) in [5.74, 6) is 0.376. The molecule has 4 rings (SSSR count). The lowest BCUT2D eigenvalue weighted by atomic mass is 10.1. The fourth-order valence-electron chi connectivity index (χ4n) is 3.69. The summed E-state index contributed by atoms with van der Waals surface area (Å²) < 4.78 is 5.80. The smallest absolute Gasteiger partial charge is 0.267 e. The summed E-state index contributed by atoms with van der Waals surface area (Å²) in [6.45, 7) is 6.30. The van der Waals surface area contributed by atoms with Gasteiger partial charge in [0.15, 0.2) is 6.10 Å². The van der Waals surface area contributed by atoms with Gasteiger partial charge in [-0.2, -0.15) is 0 Å². The maximum absolute atomic E-state index is 12.8. The summed E-state index contributed by atoms with van der Waals surface area (Å²) >= 11 is 0. The van der Waals surface area contributed by atoms with E-state index in [9.17, 15) is 9.59 Å². The predicted octanol–water partition coefficient (Wildman–Crippen LogP) is 4.91. The number of carbonyl (C=O) groups is 2. The molecule has 1 aliphatic heterocycles. The monoisotopic (exact) mass is 414 g/mol. The van der Waals surface area contributed by atoms with Crippen LogP contribution in [0, 0.1) is 13.8 Å². The normalized spacial score (nSPS) is 15.3. The van der Waals surface area contributed by atoms with E-state index >= 15 is 0 Å². The molecule has 1 aliphatic rings. The Labute approximate surface area is 182 Å². The highest BCUT2D eigenvalue weighted by atomic mass is 16.5. The van der Waals surface area contributed by atoms with Crippen LogP contribution < -0.4 is 15.0 Å². The number of anilines is 2. The lowest BCUT2D eigenvalue weighted by molar-refractivity contribution is -0.125. The van der Waals surface area contributed by atoms with Crippen LogP contribution in [-0.4, -0.2) is 24.5 Å². The van der Waals surface area contributed by atoms with Crippen molar-refractivity contribution < 1.29 is 14.3 Å². The van der Waals surface area contributed by atoms with Gasteiger partial charge in [0, 0.05) is 17.8 Å². The van der Waals surface area contributed by atoms with Gasteiger partial charge in [0.2, 0.25) is 0 Å². The highest BCUT2D eigenvalue weighted by molar-refractivity contribution is 6.06. The Morgan fingerprint density at radius 3 is 2.52 bits per heavy atom. The Balaban J connectivity index is 1.57. The van der Waals surface area contributed by atoms with Crippen molar-refractivity contribution in [3.63, 3.8) is 0 Å². The molecule has 1 unspecified atom stereocenters. The lowest BCUT2D eigenvalue weighted by Gasteiger charge is -2.33. The van der Waals surface area contributed by atoms with Crippen molar-refractivity contribution >= 4 is 23.2 Å². The van der Waals surface area contributed by atoms with Crippen molar-refractivity contribution in [1.82, 2.24) is 0 Å². The van der Waals surface area contributed by atoms with Crippen LogP contribution in [0.4, 0.5) is 11.4 Å². The fourth-order valence-corrected chi connectivity index (χ4v) is 3.69. The van der Waals surface area contributed by atoms with Gasteiger partial charge in [0.1, 0.15) is 5.75 Å². The van der Waals surface area contributed by atoms with E-state index in [0.717, 1.165) is 23.1 Å². The minimum atomic E-state index is -0.542. The van der Waals surface area contributed by atoms with Gasteiger partial charge in [-0.1, -0.05) is 36.4 Å². The third-order valence-corrected chi connectivity index (χ3v) is 5.66. The molecule has 0 aliphatic carbocycles. The van der Waals surface area contributed by atoms with Gasteiger partial charge >= 0.3 is 0 Å². The Kier molecular flexibility index (Phi) is 5.76. The maximum Gasteiger partial charge on any atom is 0.267 e. The van der Waals surface area contributed by atoms with Crippen LogP contribution in [0.25, 0.3) is 0 Å². The van der Waals surface area contributed by atoms with Gasteiger partial charge in [0.05, 0.1) is 5.69 Å². The Bertz CT molecular complexity index is 1120. The van der Waals surface area contributed by atoms with E-state index in [0.29, 0.717) is 29.2 Å². The SMILES string of the molecule is Cc1ccc(C(=O)Nc2ccc3c(c2)N(CCc2ccccc2)C(=O)C(C)O3)cc1C. The molecule has 0 fully saturated rings. The van der Waals surface area contributed by atoms with Crippen LogP contribution in [0.5, 0.6) is 5.75 Å². The predicted molar refractivity (Wildman–Crippen MR) is 123 cm³/mol. The topological polar surface area (TPSA) is 58.6 Å². The molecule has 31 heavy (non-hydrogen) atoms. The van der Waals surface area contributed by atoms with Crippen LogP contribution in [0.2, 0.25) is 0 Å². The zero-order valence-corrected chi connectivity index (χ0v) is 18.0. The number of amides is 2. The Morgan fingerprint density at radius 1 is 1.00 bits per heavy atom. The summed E-state index contributed by atoms with van der Waals surface area (Å²) in [7, 11) is 0. The molecule has 1 heterocycles. The molecule has 5 nitrogen and oxygen atoms in total. The summed E-state index contributed by atoms with van der Waals surface area (Å²) in [4.78, 5) is 27.3. The quantitative estimate of drug-likeness (QED) is 0.645. The molecule has 5 heteroatoms. The van der Waals surface area contributed by atoms with Gasteiger partial charge in [-0.05, 0) is 74.2 Å². The van der Waals surface area contributed by atoms with E-state index in [2.05, 4.69) is 17.4 Å². The molecule has 0 aromatic heterocycles. The van der Waals surface area contributed by atoms with E-state index < -0.39 is 6.10 Å². The van der Waals surface area contributed by atoms with Crippen LogP contribution in [-0.2, 0) is 11.2 Å². The van der Waals surface area contributed by atoms with E-state index in [1.54, 1.807) is 17.9 Å². The number of ether oxygens (including phenoxy) is 1. The highest BCUT2D eigenvalue weighted by Crippen LogP contribution is 2.36. The number of fused-ring (bicyclic) bond motifs is 1. The average Bonchev–Trinajstić information content (AvgIpc) is 2.77. The zero-order valence-electron chi connectivity index (χ0n) is 18.0. The number of hydrogen-bond donors (Lipinski definition) is 1.